The number of hydrogen-bond donors (Lipinski definition) is 1. The molecule has 0 bridgehead atoms. The summed E-state index contributed by atoms with van der Waals surface area (Å²) in [4.78, 5) is 16.6. The number of para-hydroxylation sites is 2. The third-order valence-corrected chi connectivity index (χ3v) is 3.47. The van der Waals surface area contributed by atoms with Crippen molar-refractivity contribution < 1.29 is 9.53 Å². The second kappa shape index (κ2) is 5.89. The Morgan fingerprint density at radius 3 is 2.91 bits per heavy atom. The molecule has 5 heteroatoms. The van der Waals surface area contributed by atoms with Crippen molar-refractivity contribution in [3.63, 3.8) is 0 Å². The van der Waals surface area contributed by atoms with Gasteiger partial charge in [0.1, 0.15) is 12.3 Å². The molecule has 0 unspecified atom stereocenters. The highest BCUT2D eigenvalue weighted by molar-refractivity contribution is 5.93. The number of benzene rings is 2. The first-order chi connectivity index (χ1) is 10.7. The molecule has 0 radical (unpaired) electrons. The van der Waals surface area contributed by atoms with Crippen molar-refractivity contribution in [1.29, 1.82) is 0 Å². The minimum absolute atomic E-state index is 0.118. The molecule has 2 aromatic carbocycles. The highest BCUT2D eigenvalue weighted by atomic mass is 16.5. The molecule has 1 heterocycles. The summed E-state index contributed by atoms with van der Waals surface area (Å²) in [5.41, 5.74) is 3.55. The number of carbonyl (C=O) groups is 1. The maximum Gasteiger partial charge on any atom is 0.244 e. The van der Waals surface area contributed by atoms with E-state index in [-0.39, 0.29) is 12.5 Å². The topological polar surface area (TPSA) is 56.1 Å². The van der Waals surface area contributed by atoms with E-state index in [1.807, 2.05) is 54.0 Å². The summed E-state index contributed by atoms with van der Waals surface area (Å²) in [5, 5.41) is 2.89. The number of anilines is 1. The van der Waals surface area contributed by atoms with Gasteiger partial charge in [0.15, 0.2) is 0 Å². The lowest BCUT2D eigenvalue weighted by molar-refractivity contribution is -0.116. The van der Waals surface area contributed by atoms with Gasteiger partial charge in [0.25, 0.3) is 0 Å². The normalized spacial score (nSPS) is 10.6. The first-order valence-electron chi connectivity index (χ1n) is 7.02. The second-order valence-corrected chi connectivity index (χ2v) is 5.11. The number of nitrogens with zero attached hydrogens (tertiary/aromatic N) is 2. The molecule has 0 aliphatic rings. The van der Waals surface area contributed by atoms with E-state index in [0.717, 1.165) is 16.6 Å². The smallest absolute Gasteiger partial charge is 0.244 e. The average molecular weight is 295 g/mol. The van der Waals surface area contributed by atoms with Crippen LogP contribution in [0.25, 0.3) is 11.0 Å². The highest BCUT2D eigenvalue weighted by Gasteiger charge is 2.10. The molecule has 1 aromatic heterocycles. The molecule has 0 spiro atoms. The first kappa shape index (κ1) is 14.1. The number of ether oxygens (including phenoxy) is 1. The van der Waals surface area contributed by atoms with Crippen molar-refractivity contribution in [3.8, 4) is 5.75 Å². The van der Waals surface area contributed by atoms with Crippen LogP contribution < -0.4 is 10.1 Å². The van der Waals surface area contributed by atoms with Crippen molar-refractivity contribution in [3.05, 3.63) is 54.4 Å². The largest absolute Gasteiger partial charge is 0.495 e. The third-order valence-electron chi connectivity index (χ3n) is 3.47. The van der Waals surface area contributed by atoms with Gasteiger partial charge in [-0.05, 0) is 36.8 Å². The number of nitrogens with one attached hydrogen (secondary N) is 1. The molecule has 112 valence electrons. The Morgan fingerprint density at radius 1 is 1.27 bits per heavy atom. The van der Waals surface area contributed by atoms with Crippen LogP contribution in [0.2, 0.25) is 0 Å². The van der Waals surface area contributed by atoms with Crippen LogP contribution in [0.15, 0.2) is 48.8 Å². The zero-order chi connectivity index (χ0) is 15.5. The molecule has 5 nitrogen and oxygen atoms in total. The zero-order valence-corrected chi connectivity index (χ0v) is 12.5. The van der Waals surface area contributed by atoms with E-state index >= 15 is 0 Å². The number of rotatable bonds is 4. The Balaban J connectivity index is 1.79. The lowest BCUT2D eigenvalue weighted by Gasteiger charge is -2.11. The van der Waals surface area contributed by atoms with Crippen molar-refractivity contribution in [1.82, 2.24) is 9.55 Å². The van der Waals surface area contributed by atoms with Crippen LogP contribution in [0.5, 0.6) is 5.75 Å². The zero-order valence-electron chi connectivity index (χ0n) is 12.5. The Hall–Kier alpha value is -2.82. The van der Waals surface area contributed by atoms with Crippen molar-refractivity contribution in [2.45, 2.75) is 13.5 Å². The predicted molar refractivity (Wildman–Crippen MR) is 86.1 cm³/mol. The van der Waals surface area contributed by atoms with Gasteiger partial charge in [0.05, 0.1) is 30.2 Å². The number of fused-ring (bicyclic) bond motifs is 1. The third kappa shape index (κ3) is 2.79. The summed E-state index contributed by atoms with van der Waals surface area (Å²) >= 11 is 0. The van der Waals surface area contributed by atoms with Gasteiger partial charge in [-0.15, -0.1) is 0 Å². The molecule has 1 N–H and O–H groups in total. The average Bonchev–Trinajstić information content (AvgIpc) is 2.91. The number of methoxy groups -OCH3 is 1. The minimum atomic E-state index is -0.118. The molecular weight excluding hydrogens is 278 g/mol. The van der Waals surface area contributed by atoms with Gasteiger partial charge in [-0.3, -0.25) is 4.79 Å². The lowest BCUT2D eigenvalue weighted by Crippen LogP contribution is -2.18. The number of aryl methyl sites for hydroxylation is 1. The van der Waals surface area contributed by atoms with Gasteiger partial charge in [-0.25, -0.2) is 4.98 Å². The van der Waals surface area contributed by atoms with E-state index in [4.69, 9.17) is 4.74 Å². The van der Waals surface area contributed by atoms with Crippen LogP contribution in [-0.4, -0.2) is 22.6 Å². The van der Waals surface area contributed by atoms with E-state index in [1.54, 1.807) is 13.4 Å². The van der Waals surface area contributed by atoms with Crippen molar-refractivity contribution >= 4 is 22.6 Å². The number of hydrogen-bond acceptors (Lipinski definition) is 3. The number of carbonyl (C=O) groups excluding carboxylic acids is 1. The number of imidazole rings is 1. The monoisotopic (exact) mass is 295 g/mol. The van der Waals surface area contributed by atoms with Gasteiger partial charge in [-0.2, -0.15) is 0 Å². The Labute approximate surface area is 128 Å². The summed E-state index contributed by atoms with van der Waals surface area (Å²) in [7, 11) is 1.59. The molecule has 0 aliphatic heterocycles. The van der Waals surface area contributed by atoms with Gasteiger partial charge >= 0.3 is 0 Å². The molecule has 0 saturated heterocycles. The maximum absolute atomic E-state index is 12.3. The van der Waals surface area contributed by atoms with Crippen molar-refractivity contribution in [2.24, 2.45) is 0 Å². The van der Waals surface area contributed by atoms with E-state index in [0.29, 0.717) is 11.4 Å². The Bertz CT molecular complexity index is 824. The van der Waals surface area contributed by atoms with Crippen LogP contribution >= 0.6 is 0 Å². The SMILES string of the molecule is COc1ccc(C)cc1NC(=O)Cn1cnc2ccccc21. The summed E-state index contributed by atoms with van der Waals surface area (Å²) in [6.07, 6.45) is 1.68. The molecule has 0 fully saturated rings. The Kier molecular flexibility index (Phi) is 3.78. The van der Waals surface area contributed by atoms with Gasteiger partial charge in [-0.1, -0.05) is 18.2 Å². The molecular formula is C17H17N3O2. The van der Waals surface area contributed by atoms with Gasteiger partial charge in [0.2, 0.25) is 5.91 Å². The molecule has 3 rings (SSSR count). The Morgan fingerprint density at radius 2 is 2.09 bits per heavy atom. The van der Waals surface area contributed by atoms with Gasteiger partial charge in [0, 0.05) is 0 Å². The number of aromatic nitrogens is 2. The molecule has 0 saturated carbocycles. The summed E-state index contributed by atoms with van der Waals surface area (Å²) in [6.45, 7) is 2.18. The fraction of sp³-hybridized carbons (Fsp3) is 0.176. The fourth-order valence-electron chi connectivity index (χ4n) is 2.40. The molecule has 1 amide bonds. The molecule has 0 aliphatic carbocycles. The summed E-state index contributed by atoms with van der Waals surface area (Å²) in [5.74, 6) is 0.529. The van der Waals surface area contributed by atoms with E-state index < -0.39 is 0 Å². The van der Waals surface area contributed by atoms with E-state index in [1.165, 1.54) is 0 Å². The fourth-order valence-corrected chi connectivity index (χ4v) is 2.40. The summed E-state index contributed by atoms with van der Waals surface area (Å²) in [6, 6.07) is 13.4. The molecule has 0 atom stereocenters. The van der Waals surface area contributed by atoms with Crippen LogP contribution in [0.3, 0.4) is 0 Å². The van der Waals surface area contributed by atoms with E-state index in [9.17, 15) is 4.79 Å². The van der Waals surface area contributed by atoms with Crippen LogP contribution in [0.4, 0.5) is 5.69 Å². The van der Waals surface area contributed by atoms with Crippen LogP contribution in [0, 0.1) is 6.92 Å². The minimum Gasteiger partial charge on any atom is -0.495 e. The maximum atomic E-state index is 12.3. The first-order valence-corrected chi connectivity index (χ1v) is 7.02. The lowest BCUT2D eigenvalue weighted by atomic mass is 10.2. The van der Waals surface area contributed by atoms with Gasteiger partial charge < -0.3 is 14.6 Å². The molecule has 22 heavy (non-hydrogen) atoms. The van der Waals surface area contributed by atoms with Crippen LogP contribution in [0.1, 0.15) is 5.56 Å². The number of amides is 1. The highest BCUT2D eigenvalue weighted by Crippen LogP contribution is 2.25. The van der Waals surface area contributed by atoms with Crippen LogP contribution in [-0.2, 0) is 11.3 Å². The second-order valence-electron chi connectivity index (χ2n) is 5.11. The molecule has 3 aromatic rings. The quantitative estimate of drug-likeness (QED) is 0.805. The standard InChI is InChI=1S/C17H17N3O2/c1-12-7-8-16(22-2)14(9-12)19-17(21)10-20-11-18-13-5-3-4-6-15(13)20/h3-9,11H,10H2,1-2H3,(H,19,21). The predicted octanol–water partition coefficient (Wildman–Crippen LogP) is 2.99. The summed E-state index contributed by atoms with van der Waals surface area (Å²) < 4.78 is 7.10. The van der Waals surface area contributed by atoms with Crippen molar-refractivity contribution in [2.75, 3.05) is 12.4 Å². The van der Waals surface area contributed by atoms with E-state index in [2.05, 4.69) is 10.3 Å².